The highest BCUT2D eigenvalue weighted by molar-refractivity contribution is 14.1. The number of rotatable bonds is 3. The van der Waals surface area contributed by atoms with E-state index in [1.54, 1.807) is 0 Å². The van der Waals surface area contributed by atoms with Crippen LogP contribution in [0.3, 0.4) is 0 Å². The highest BCUT2D eigenvalue weighted by Gasteiger charge is 2.07. The molecule has 0 amide bonds. The van der Waals surface area contributed by atoms with E-state index in [1.165, 1.54) is 14.7 Å². The predicted octanol–water partition coefficient (Wildman–Crippen LogP) is 4.30. The van der Waals surface area contributed by atoms with Gasteiger partial charge >= 0.3 is 0 Å². The Kier molecular flexibility index (Phi) is 4.59. The molecule has 17 heavy (non-hydrogen) atoms. The van der Waals surface area contributed by atoms with Crippen molar-refractivity contribution in [2.24, 2.45) is 5.73 Å². The quantitative estimate of drug-likeness (QED) is 0.762. The van der Waals surface area contributed by atoms with E-state index in [0.29, 0.717) is 0 Å². The summed E-state index contributed by atoms with van der Waals surface area (Å²) in [7, 11) is 0. The minimum Gasteiger partial charge on any atom is -0.324 e. The Hall–Kier alpha value is -0.390. The molecule has 2 rings (SSSR count). The highest BCUT2D eigenvalue weighted by Crippen LogP contribution is 2.19. The number of benzene rings is 2. The van der Waals surface area contributed by atoms with Gasteiger partial charge in [0.1, 0.15) is 0 Å². The summed E-state index contributed by atoms with van der Waals surface area (Å²) in [5.74, 6) is 0. The zero-order chi connectivity index (χ0) is 12.3. The minimum absolute atomic E-state index is 0.0610. The average Bonchev–Trinajstić information content (AvgIpc) is 2.32. The van der Waals surface area contributed by atoms with Crippen molar-refractivity contribution in [3.63, 3.8) is 0 Å². The lowest BCUT2D eigenvalue weighted by Gasteiger charge is -2.12. The Balaban J connectivity index is 2.11. The van der Waals surface area contributed by atoms with Crippen molar-refractivity contribution >= 4 is 38.5 Å². The summed E-state index contributed by atoms with van der Waals surface area (Å²) in [6.45, 7) is 0. The van der Waals surface area contributed by atoms with Crippen LogP contribution >= 0.6 is 38.5 Å². The third kappa shape index (κ3) is 3.79. The Labute approximate surface area is 124 Å². The smallest absolute Gasteiger partial charge is 0.0336 e. The van der Waals surface area contributed by atoms with Crippen LogP contribution < -0.4 is 5.73 Å². The van der Waals surface area contributed by atoms with E-state index in [9.17, 15) is 0 Å². The topological polar surface area (TPSA) is 26.0 Å². The first-order valence-corrected chi connectivity index (χ1v) is 7.28. The molecule has 0 radical (unpaired) electrons. The highest BCUT2D eigenvalue weighted by atomic mass is 127. The first kappa shape index (κ1) is 13.1. The van der Waals surface area contributed by atoms with E-state index in [4.69, 9.17) is 5.73 Å². The van der Waals surface area contributed by atoms with E-state index in [1.807, 2.05) is 0 Å². The maximum absolute atomic E-state index is 6.22. The van der Waals surface area contributed by atoms with Crippen LogP contribution in [0.1, 0.15) is 17.2 Å². The van der Waals surface area contributed by atoms with Crippen LogP contribution in [0.15, 0.2) is 53.0 Å². The molecular formula is C14H13BrIN. The van der Waals surface area contributed by atoms with E-state index in [0.717, 1.165) is 10.9 Å². The number of nitrogens with two attached hydrogens (primary N) is 1. The summed E-state index contributed by atoms with van der Waals surface area (Å²) < 4.78 is 2.33. The lowest BCUT2D eigenvalue weighted by atomic mass is 10.00. The molecule has 2 N–H and O–H groups in total. The molecule has 0 aliphatic heterocycles. The molecule has 0 heterocycles. The van der Waals surface area contributed by atoms with Crippen molar-refractivity contribution < 1.29 is 0 Å². The second kappa shape index (κ2) is 5.98. The van der Waals surface area contributed by atoms with Gasteiger partial charge in [-0.25, -0.2) is 0 Å². The molecule has 0 saturated carbocycles. The summed E-state index contributed by atoms with van der Waals surface area (Å²) in [5, 5.41) is 0. The van der Waals surface area contributed by atoms with Gasteiger partial charge in [-0.15, -0.1) is 0 Å². The van der Waals surface area contributed by atoms with Crippen LogP contribution in [0, 0.1) is 3.57 Å². The van der Waals surface area contributed by atoms with E-state index in [2.05, 4.69) is 87.1 Å². The van der Waals surface area contributed by atoms with Crippen molar-refractivity contribution in [1.29, 1.82) is 0 Å². The standard InChI is InChI=1S/C14H13BrIN/c15-12-6-4-10(5-7-12)8-14(17)11-2-1-3-13(16)9-11/h1-7,9,14H,8,17H2. The molecule has 1 atom stereocenters. The molecule has 0 spiro atoms. The van der Waals surface area contributed by atoms with Crippen LogP contribution in [0.4, 0.5) is 0 Å². The lowest BCUT2D eigenvalue weighted by Crippen LogP contribution is -2.13. The summed E-state index contributed by atoms with van der Waals surface area (Å²) in [4.78, 5) is 0. The molecule has 0 saturated heterocycles. The van der Waals surface area contributed by atoms with E-state index < -0.39 is 0 Å². The Morgan fingerprint density at radius 3 is 2.47 bits per heavy atom. The maximum Gasteiger partial charge on any atom is 0.0336 e. The zero-order valence-electron chi connectivity index (χ0n) is 9.24. The number of hydrogen-bond donors (Lipinski definition) is 1. The second-order valence-electron chi connectivity index (χ2n) is 3.99. The zero-order valence-corrected chi connectivity index (χ0v) is 13.0. The number of hydrogen-bond acceptors (Lipinski definition) is 1. The molecule has 1 nitrogen and oxygen atoms in total. The first-order chi connectivity index (χ1) is 8.15. The SMILES string of the molecule is NC(Cc1ccc(Br)cc1)c1cccc(I)c1. The normalized spacial score (nSPS) is 12.4. The van der Waals surface area contributed by atoms with Crippen LogP contribution in [-0.2, 0) is 6.42 Å². The molecule has 1 unspecified atom stereocenters. The fourth-order valence-corrected chi connectivity index (χ4v) is 2.56. The predicted molar refractivity (Wildman–Crippen MR) is 83.9 cm³/mol. The fourth-order valence-electron chi connectivity index (χ4n) is 1.73. The van der Waals surface area contributed by atoms with Crippen molar-refractivity contribution in [2.45, 2.75) is 12.5 Å². The van der Waals surface area contributed by atoms with Gasteiger partial charge in [0, 0.05) is 14.1 Å². The third-order valence-corrected chi connectivity index (χ3v) is 3.85. The lowest BCUT2D eigenvalue weighted by molar-refractivity contribution is 0.721. The molecule has 0 aromatic heterocycles. The molecule has 0 bridgehead atoms. The molecule has 0 aliphatic carbocycles. The Morgan fingerprint density at radius 1 is 1.12 bits per heavy atom. The molecule has 2 aromatic rings. The van der Waals surface area contributed by atoms with Crippen LogP contribution in [-0.4, -0.2) is 0 Å². The van der Waals surface area contributed by atoms with E-state index in [-0.39, 0.29) is 6.04 Å². The minimum atomic E-state index is 0.0610. The van der Waals surface area contributed by atoms with Crippen LogP contribution in [0.5, 0.6) is 0 Å². The van der Waals surface area contributed by atoms with Crippen molar-refractivity contribution in [1.82, 2.24) is 0 Å². The van der Waals surface area contributed by atoms with Gasteiger partial charge in [-0.1, -0.05) is 40.2 Å². The van der Waals surface area contributed by atoms with Gasteiger partial charge in [0.15, 0.2) is 0 Å². The van der Waals surface area contributed by atoms with Gasteiger partial charge in [-0.3, -0.25) is 0 Å². The van der Waals surface area contributed by atoms with Gasteiger partial charge in [0.25, 0.3) is 0 Å². The third-order valence-electron chi connectivity index (χ3n) is 2.65. The van der Waals surface area contributed by atoms with Crippen LogP contribution in [0.2, 0.25) is 0 Å². The molecule has 0 aliphatic rings. The maximum atomic E-state index is 6.22. The Bertz CT molecular complexity index is 496. The second-order valence-corrected chi connectivity index (χ2v) is 6.15. The largest absolute Gasteiger partial charge is 0.324 e. The summed E-state index contributed by atoms with van der Waals surface area (Å²) in [6.07, 6.45) is 0.868. The van der Waals surface area contributed by atoms with Crippen molar-refractivity contribution in [2.75, 3.05) is 0 Å². The Morgan fingerprint density at radius 2 is 1.82 bits per heavy atom. The summed E-state index contributed by atoms with van der Waals surface area (Å²) in [6, 6.07) is 16.7. The molecule has 88 valence electrons. The molecule has 3 heteroatoms. The molecular weight excluding hydrogens is 389 g/mol. The van der Waals surface area contributed by atoms with Crippen molar-refractivity contribution in [3.05, 3.63) is 67.7 Å². The molecule has 2 aromatic carbocycles. The van der Waals surface area contributed by atoms with Gasteiger partial charge < -0.3 is 5.73 Å². The number of halogens is 2. The van der Waals surface area contributed by atoms with E-state index >= 15 is 0 Å². The fraction of sp³-hybridized carbons (Fsp3) is 0.143. The molecule has 0 fully saturated rings. The summed E-state index contributed by atoms with van der Waals surface area (Å²) >= 11 is 5.75. The van der Waals surface area contributed by atoms with Gasteiger partial charge in [0.2, 0.25) is 0 Å². The average molecular weight is 402 g/mol. The van der Waals surface area contributed by atoms with Crippen molar-refractivity contribution in [3.8, 4) is 0 Å². The van der Waals surface area contributed by atoms with Gasteiger partial charge in [-0.2, -0.15) is 0 Å². The summed E-state index contributed by atoms with van der Waals surface area (Å²) in [5.41, 5.74) is 8.68. The van der Waals surface area contributed by atoms with Gasteiger partial charge in [-0.05, 0) is 64.4 Å². The van der Waals surface area contributed by atoms with Crippen LogP contribution in [0.25, 0.3) is 0 Å². The monoisotopic (exact) mass is 401 g/mol. The van der Waals surface area contributed by atoms with Gasteiger partial charge in [0.05, 0.1) is 0 Å². The first-order valence-electron chi connectivity index (χ1n) is 5.40.